The van der Waals surface area contributed by atoms with E-state index in [9.17, 15) is 4.79 Å². The van der Waals surface area contributed by atoms with E-state index in [4.69, 9.17) is 27.8 Å². The fraction of sp³-hybridized carbons (Fsp3) is 0.125. The molecule has 0 spiro atoms. The zero-order valence-corrected chi connectivity index (χ0v) is 8.26. The molecule has 0 saturated carbocycles. The number of anilines is 2. The number of methoxy groups -OCH3 is 1. The maximum Gasteiger partial charge on any atom is 0.316 e. The van der Waals surface area contributed by atoms with Gasteiger partial charge >= 0.3 is 6.03 Å². The van der Waals surface area contributed by atoms with Crippen LogP contribution in [-0.2, 0) is 0 Å². The molecule has 0 heterocycles. The molecule has 0 unspecified atom stereocenters. The Morgan fingerprint density at radius 3 is 2.71 bits per heavy atom. The van der Waals surface area contributed by atoms with E-state index >= 15 is 0 Å². The van der Waals surface area contributed by atoms with Gasteiger partial charge in [0, 0.05) is 6.07 Å². The Balaban J connectivity index is 3.13. The van der Waals surface area contributed by atoms with Crippen LogP contribution in [0.25, 0.3) is 0 Å². The maximum absolute atomic E-state index is 10.6. The number of ether oxygens (including phenoxy) is 1. The highest BCUT2D eigenvalue weighted by molar-refractivity contribution is 6.33. The highest BCUT2D eigenvalue weighted by atomic mass is 35.5. The van der Waals surface area contributed by atoms with Gasteiger partial charge in [-0.3, -0.25) is 0 Å². The molecule has 76 valence electrons. The van der Waals surface area contributed by atoms with E-state index in [1.165, 1.54) is 19.2 Å². The summed E-state index contributed by atoms with van der Waals surface area (Å²) in [6.07, 6.45) is 0. The van der Waals surface area contributed by atoms with Gasteiger partial charge in [0.1, 0.15) is 5.75 Å². The van der Waals surface area contributed by atoms with E-state index in [0.29, 0.717) is 22.1 Å². The summed E-state index contributed by atoms with van der Waals surface area (Å²) in [5.74, 6) is 0.408. The van der Waals surface area contributed by atoms with Crippen LogP contribution >= 0.6 is 11.6 Å². The van der Waals surface area contributed by atoms with Gasteiger partial charge in [0.05, 0.1) is 23.5 Å². The normalized spacial score (nSPS) is 9.57. The fourth-order valence-electron chi connectivity index (χ4n) is 0.968. The van der Waals surface area contributed by atoms with Crippen LogP contribution in [0.2, 0.25) is 5.02 Å². The molecule has 0 fully saturated rings. The molecule has 0 saturated heterocycles. The third-order valence-corrected chi connectivity index (χ3v) is 1.90. The number of hydrogen-bond donors (Lipinski definition) is 3. The van der Waals surface area contributed by atoms with Crippen molar-refractivity contribution in [3.63, 3.8) is 0 Å². The third-order valence-electron chi connectivity index (χ3n) is 1.58. The van der Waals surface area contributed by atoms with Gasteiger partial charge in [-0.15, -0.1) is 0 Å². The van der Waals surface area contributed by atoms with Gasteiger partial charge in [0.15, 0.2) is 0 Å². The number of urea groups is 1. The molecule has 0 aliphatic heterocycles. The summed E-state index contributed by atoms with van der Waals surface area (Å²) in [6.45, 7) is 0. The van der Waals surface area contributed by atoms with Crippen molar-refractivity contribution >= 4 is 29.0 Å². The smallest absolute Gasteiger partial charge is 0.316 e. The number of nitrogen functional groups attached to an aromatic ring is 1. The average Bonchev–Trinajstić information content (AvgIpc) is 2.10. The summed E-state index contributed by atoms with van der Waals surface area (Å²) in [5.41, 5.74) is 11.3. The quantitative estimate of drug-likeness (QED) is 0.652. The maximum atomic E-state index is 10.6. The van der Waals surface area contributed by atoms with Crippen LogP contribution in [0.5, 0.6) is 5.75 Å². The van der Waals surface area contributed by atoms with Crippen molar-refractivity contribution < 1.29 is 9.53 Å². The molecular formula is C8H10ClN3O2. The SMILES string of the molecule is COc1cc(N)c(Cl)cc1NC(N)=O. The Morgan fingerprint density at radius 2 is 2.21 bits per heavy atom. The van der Waals surface area contributed by atoms with Gasteiger partial charge in [0.25, 0.3) is 0 Å². The van der Waals surface area contributed by atoms with Gasteiger partial charge in [0.2, 0.25) is 0 Å². The van der Waals surface area contributed by atoms with Crippen LogP contribution in [0.3, 0.4) is 0 Å². The van der Waals surface area contributed by atoms with E-state index < -0.39 is 6.03 Å². The summed E-state index contributed by atoms with van der Waals surface area (Å²) >= 11 is 5.75. The van der Waals surface area contributed by atoms with Crippen molar-refractivity contribution in [3.05, 3.63) is 17.2 Å². The van der Waals surface area contributed by atoms with E-state index in [-0.39, 0.29) is 0 Å². The lowest BCUT2D eigenvalue weighted by Gasteiger charge is -2.10. The van der Waals surface area contributed by atoms with E-state index in [2.05, 4.69) is 5.32 Å². The van der Waals surface area contributed by atoms with Crippen molar-refractivity contribution in [1.82, 2.24) is 0 Å². The second kappa shape index (κ2) is 4.06. The Morgan fingerprint density at radius 1 is 1.57 bits per heavy atom. The zero-order chi connectivity index (χ0) is 10.7. The summed E-state index contributed by atoms with van der Waals surface area (Å²) in [5, 5.41) is 2.69. The molecule has 0 atom stereocenters. The van der Waals surface area contributed by atoms with Crippen LogP contribution in [0.4, 0.5) is 16.2 Å². The second-order valence-electron chi connectivity index (χ2n) is 2.56. The average molecular weight is 216 g/mol. The zero-order valence-electron chi connectivity index (χ0n) is 7.50. The van der Waals surface area contributed by atoms with Crippen LogP contribution in [0.1, 0.15) is 0 Å². The topological polar surface area (TPSA) is 90.4 Å². The number of primary amides is 1. The Hall–Kier alpha value is -1.62. The molecule has 0 aliphatic rings. The second-order valence-corrected chi connectivity index (χ2v) is 2.97. The fourth-order valence-corrected chi connectivity index (χ4v) is 1.13. The molecular weight excluding hydrogens is 206 g/mol. The number of nitrogens with two attached hydrogens (primary N) is 2. The van der Waals surface area contributed by atoms with E-state index in [1.54, 1.807) is 0 Å². The van der Waals surface area contributed by atoms with Crippen molar-refractivity contribution in [3.8, 4) is 5.75 Å². The van der Waals surface area contributed by atoms with Crippen molar-refractivity contribution in [2.75, 3.05) is 18.2 Å². The van der Waals surface area contributed by atoms with Gasteiger partial charge < -0.3 is 21.5 Å². The van der Waals surface area contributed by atoms with Gasteiger partial charge in [-0.2, -0.15) is 0 Å². The van der Waals surface area contributed by atoms with Crippen LogP contribution in [0.15, 0.2) is 12.1 Å². The monoisotopic (exact) mass is 215 g/mol. The first-order valence-electron chi connectivity index (χ1n) is 3.74. The number of hydrogen-bond acceptors (Lipinski definition) is 3. The molecule has 14 heavy (non-hydrogen) atoms. The lowest BCUT2D eigenvalue weighted by Crippen LogP contribution is -2.19. The summed E-state index contributed by atoms with van der Waals surface area (Å²) in [4.78, 5) is 10.6. The first kappa shape index (κ1) is 10.5. The molecule has 1 rings (SSSR count). The number of benzene rings is 1. The summed E-state index contributed by atoms with van der Waals surface area (Å²) in [6, 6.07) is 2.29. The molecule has 1 aromatic carbocycles. The minimum absolute atomic E-state index is 0.328. The standard InChI is InChI=1S/C8H10ClN3O2/c1-14-7-3-5(10)4(9)2-6(7)12-8(11)13/h2-3H,10H2,1H3,(H3,11,12,13). The highest BCUT2D eigenvalue weighted by Crippen LogP contribution is 2.32. The van der Waals surface area contributed by atoms with E-state index in [1.807, 2.05) is 0 Å². The third kappa shape index (κ3) is 2.20. The Kier molecular flexibility index (Phi) is 3.03. The number of carbonyl (C=O) groups excluding carboxylic acids is 1. The molecule has 5 nitrogen and oxygen atoms in total. The van der Waals surface area contributed by atoms with Gasteiger partial charge in [-0.05, 0) is 6.07 Å². The number of rotatable bonds is 2. The Bertz CT molecular complexity index is 368. The minimum Gasteiger partial charge on any atom is -0.494 e. The van der Waals surface area contributed by atoms with Gasteiger partial charge in [-0.25, -0.2) is 4.79 Å². The Labute approximate surface area is 86.0 Å². The number of amides is 2. The molecule has 0 aliphatic carbocycles. The molecule has 5 N–H and O–H groups in total. The molecule has 1 aromatic rings. The molecule has 0 radical (unpaired) electrons. The molecule has 6 heteroatoms. The van der Waals surface area contributed by atoms with Crippen LogP contribution in [0, 0.1) is 0 Å². The molecule has 0 aromatic heterocycles. The number of carbonyl (C=O) groups is 1. The van der Waals surface area contributed by atoms with Crippen LogP contribution < -0.4 is 21.5 Å². The van der Waals surface area contributed by atoms with Crippen LogP contribution in [-0.4, -0.2) is 13.1 Å². The minimum atomic E-state index is -0.691. The molecule has 2 amide bonds. The predicted molar refractivity (Wildman–Crippen MR) is 55.6 cm³/mol. The first-order chi connectivity index (χ1) is 6.54. The highest BCUT2D eigenvalue weighted by Gasteiger charge is 2.08. The van der Waals surface area contributed by atoms with Crippen molar-refractivity contribution in [2.24, 2.45) is 5.73 Å². The van der Waals surface area contributed by atoms with E-state index in [0.717, 1.165) is 0 Å². The van der Waals surface area contributed by atoms with Gasteiger partial charge in [-0.1, -0.05) is 11.6 Å². The number of halogens is 1. The summed E-state index contributed by atoms with van der Waals surface area (Å²) < 4.78 is 4.97. The summed E-state index contributed by atoms with van der Waals surface area (Å²) in [7, 11) is 1.45. The lowest BCUT2D eigenvalue weighted by atomic mass is 10.2. The first-order valence-corrected chi connectivity index (χ1v) is 4.12. The van der Waals surface area contributed by atoms with Crippen molar-refractivity contribution in [1.29, 1.82) is 0 Å². The largest absolute Gasteiger partial charge is 0.494 e. The predicted octanol–water partition coefficient (Wildman–Crippen LogP) is 1.42. The number of nitrogens with one attached hydrogen (secondary N) is 1. The molecule has 0 bridgehead atoms. The lowest BCUT2D eigenvalue weighted by molar-refractivity contribution is 0.259. The van der Waals surface area contributed by atoms with Crippen molar-refractivity contribution in [2.45, 2.75) is 0 Å².